The Morgan fingerprint density at radius 2 is 1.58 bits per heavy atom. The lowest BCUT2D eigenvalue weighted by Gasteiger charge is -2.15. The molecule has 3 rings (SSSR count). The van der Waals surface area contributed by atoms with Crippen LogP contribution in [0.15, 0.2) is 48.5 Å². The zero-order valence-electron chi connectivity index (χ0n) is 10.8. The molecule has 0 saturated heterocycles. The molecule has 0 aliphatic heterocycles. The first-order valence-corrected chi connectivity index (χ1v) is 6.87. The SMILES string of the molecule is Cc1ccc(C(=O)C2(c3ccc(Cl)cc3)CC2)cc1. The minimum Gasteiger partial charge on any atom is -0.293 e. The summed E-state index contributed by atoms with van der Waals surface area (Å²) < 4.78 is 0. The Balaban J connectivity index is 1.94. The highest BCUT2D eigenvalue weighted by Gasteiger charge is 2.51. The van der Waals surface area contributed by atoms with E-state index in [0.717, 1.165) is 24.0 Å². The second kappa shape index (κ2) is 4.50. The molecular formula is C17H15ClO. The maximum atomic E-state index is 12.7. The van der Waals surface area contributed by atoms with Crippen LogP contribution in [0.2, 0.25) is 5.02 Å². The number of carbonyl (C=O) groups excluding carboxylic acids is 1. The van der Waals surface area contributed by atoms with Gasteiger partial charge in [0, 0.05) is 10.6 Å². The van der Waals surface area contributed by atoms with E-state index in [1.54, 1.807) is 0 Å². The average molecular weight is 271 g/mol. The van der Waals surface area contributed by atoms with Crippen LogP contribution in [0, 0.1) is 6.92 Å². The van der Waals surface area contributed by atoms with Crippen molar-refractivity contribution >= 4 is 17.4 Å². The topological polar surface area (TPSA) is 17.1 Å². The van der Waals surface area contributed by atoms with E-state index >= 15 is 0 Å². The maximum Gasteiger partial charge on any atom is 0.173 e. The van der Waals surface area contributed by atoms with Crippen molar-refractivity contribution in [2.75, 3.05) is 0 Å². The molecule has 2 aromatic rings. The Hall–Kier alpha value is -1.60. The first kappa shape index (κ1) is 12.4. The largest absolute Gasteiger partial charge is 0.293 e. The van der Waals surface area contributed by atoms with Crippen molar-refractivity contribution < 1.29 is 4.79 Å². The fourth-order valence-corrected chi connectivity index (χ4v) is 2.65. The summed E-state index contributed by atoms with van der Waals surface area (Å²) in [4.78, 5) is 12.7. The predicted molar refractivity (Wildman–Crippen MR) is 77.9 cm³/mol. The fraction of sp³-hybridized carbons (Fsp3) is 0.235. The van der Waals surface area contributed by atoms with Crippen molar-refractivity contribution in [1.29, 1.82) is 0 Å². The number of benzene rings is 2. The van der Waals surface area contributed by atoms with Gasteiger partial charge in [0.1, 0.15) is 0 Å². The van der Waals surface area contributed by atoms with Gasteiger partial charge in [-0.3, -0.25) is 4.79 Å². The average Bonchev–Trinajstić information content (AvgIpc) is 3.21. The third-order valence-electron chi connectivity index (χ3n) is 3.90. The van der Waals surface area contributed by atoms with E-state index in [4.69, 9.17) is 11.6 Å². The predicted octanol–water partition coefficient (Wildman–Crippen LogP) is 4.56. The molecule has 0 heterocycles. The van der Waals surface area contributed by atoms with E-state index in [2.05, 4.69) is 0 Å². The Bertz CT molecular complexity index is 607. The summed E-state index contributed by atoms with van der Waals surface area (Å²) in [6.07, 6.45) is 1.86. The van der Waals surface area contributed by atoms with Crippen molar-refractivity contribution in [2.24, 2.45) is 0 Å². The van der Waals surface area contributed by atoms with Crippen LogP contribution < -0.4 is 0 Å². The summed E-state index contributed by atoms with van der Waals surface area (Å²) in [6, 6.07) is 15.5. The minimum absolute atomic E-state index is 0.231. The monoisotopic (exact) mass is 270 g/mol. The zero-order chi connectivity index (χ0) is 13.5. The molecule has 1 saturated carbocycles. The molecule has 0 aromatic heterocycles. The molecule has 19 heavy (non-hydrogen) atoms. The number of carbonyl (C=O) groups is 1. The Kier molecular flexibility index (Phi) is 2.94. The summed E-state index contributed by atoms with van der Waals surface area (Å²) in [5.74, 6) is 0.231. The number of ketones is 1. The van der Waals surface area contributed by atoms with Crippen LogP contribution in [0.3, 0.4) is 0 Å². The lowest BCUT2D eigenvalue weighted by atomic mass is 9.87. The first-order valence-electron chi connectivity index (χ1n) is 6.49. The van der Waals surface area contributed by atoms with Crippen LogP contribution in [-0.2, 0) is 5.41 Å². The zero-order valence-corrected chi connectivity index (χ0v) is 11.6. The van der Waals surface area contributed by atoms with Gasteiger partial charge in [-0.15, -0.1) is 0 Å². The van der Waals surface area contributed by atoms with E-state index < -0.39 is 0 Å². The number of rotatable bonds is 3. The molecule has 1 nitrogen and oxygen atoms in total. The van der Waals surface area contributed by atoms with Gasteiger partial charge in [-0.2, -0.15) is 0 Å². The normalized spacial score (nSPS) is 16.1. The minimum atomic E-state index is -0.306. The Morgan fingerprint density at radius 1 is 1.00 bits per heavy atom. The van der Waals surface area contributed by atoms with Gasteiger partial charge in [0.25, 0.3) is 0 Å². The van der Waals surface area contributed by atoms with Crippen LogP contribution in [0.1, 0.15) is 34.3 Å². The van der Waals surface area contributed by atoms with Crippen molar-refractivity contribution in [3.8, 4) is 0 Å². The molecule has 0 unspecified atom stereocenters. The summed E-state index contributed by atoms with van der Waals surface area (Å²) in [5.41, 5.74) is 2.76. The highest BCUT2D eigenvalue weighted by molar-refractivity contribution is 6.30. The second-order valence-corrected chi connectivity index (χ2v) is 5.72. The van der Waals surface area contributed by atoms with Crippen LogP contribution in [0.25, 0.3) is 0 Å². The standard InChI is InChI=1S/C17H15ClO/c1-12-2-4-13(5-3-12)16(19)17(10-11-17)14-6-8-15(18)9-7-14/h2-9H,10-11H2,1H3. The number of halogens is 1. The number of Topliss-reactive ketones (excluding diaryl/α,β-unsaturated/α-hetero) is 1. The molecule has 1 fully saturated rings. The summed E-state index contributed by atoms with van der Waals surface area (Å²) in [7, 11) is 0. The molecule has 2 aromatic carbocycles. The smallest absolute Gasteiger partial charge is 0.173 e. The summed E-state index contributed by atoms with van der Waals surface area (Å²) in [6.45, 7) is 2.03. The molecule has 1 aliphatic rings. The number of hydrogen-bond acceptors (Lipinski definition) is 1. The number of hydrogen-bond donors (Lipinski definition) is 0. The lowest BCUT2D eigenvalue weighted by Crippen LogP contribution is -2.20. The van der Waals surface area contributed by atoms with Gasteiger partial charge in [-0.05, 0) is 37.5 Å². The van der Waals surface area contributed by atoms with E-state index in [0.29, 0.717) is 5.02 Å². The highest BCUT2D eigenvalue weighted by Crippen LogP contribution is 2.50. The molecule has 0 spiro atoms. The Morgan fingerprint density at radius 3 is 2.11 bits per heavy atom. The van der Waals surface area contributed by atoms with Crippen LogP contribution in [0.4, 0.5) is 0 Å². The van der Waals surface area contributed by atoms with Gasteiger partial charge >= 0.3 is 0 Å². The third-order valence-corrected chi connectivity index (χ3v) is 4.15. The van der Waals surface area contributed by atoms with Crippen molar-refractivity contribution in [3.05, 3.63) is 70.2 Å². The molecule has 1 aliphatic carbocycles. The fourth-order valence-electron chi connectivity index (χ4n) is 2.52. The van der Waals surface area contributed by atoms with Gasteiger partial charge in [-0.1, -0.05) is 53.6 Å². The molecule has 2 heteroatoms. The molecule has 0 radical (unpaired) electrons. The van der Waals surface area contributed by atoms with Crippen molar-refractivity contribution in [3.63, 3.8) is 0 Å². The second-order valence-electron chi connectivity index (χ2n) is 5.28. The summed E-state index contributed by atoms with van der Waals surface area (Å²) in [5, 5.41) is 0.710. The molecule has 0 bridgehead atoms. The van der Waals surface area contributed by atoms with Crippen LogP contribution in [0.5, 0.6) is 0 Å². The van der Waals surface area contributed by atoms with Crippen LogP contribution >= 0.6 is 11.6 Å². The highest BCUT2D eigenvalue weighted by atomic mass is 35.5. The molecule has 96 valence electrons. The van der Waals surface area contributed by atoms with Gasteiger partial charge in [0.15, 0.2) is 5.78 Å². The van der Waals surface area contributed by atoms with Gasteiger partial charge in [0.2, 0.25) is 0 Å². The van der Waals surface area contributed by atoms with Crippen LogP contribution in [-0.4, -0.2) is 5.78 Å². The van der Waals surface area contributed by atoms with E-state index in [9.17, 15) is 4.79 Å². The lowest BCUT2D eigenvalue weighted by molar-refractivity contribution is 0.0946. The van der Waals surface area contributed by atoms with Crippen molar-refractivity contribution in [2.45, 2.75) is 25.2 Å². The molecule has 0 atom stereocenters. The first-order chi connectivity index (χ1) is 9.12. The molecular weight excluding hydrogens is 256 g/mol. The molecule has 0 amide bonds. The van der Waals surface area contributed by atoms with Gasteiger partial charge < -0.3 is 0 Å². The van der Waals surface area contributed by atoms with E-state index in [1.807, 2.05) is 55.5 Å². The van der Waals surface area contributed by atoms with Crippen molar-refractivity contribution in [1.82, 2.24) is 0 Å². The Labute approximate surface area is 118 Å². The quantitative estimate of drug-likeness (QED) is 0.747. The van der Waals surface area contributed by atoms with E-state index in [1.165, 1.54) is 5.56 Å². The maximum absolute atomic E-state index is 12.7. The number of aryl methyl sites for hydroxylation is 1. The third kappa shape index (κ3) is 2.19. The molecule has 0 N–H and O–H groups in total. The van der Waals surface area contributed by atoms with Gasteiger partial charge in [0.05, 0.1) is 5.41 Å². The van der Waals surface area contributed by atoms with E-state index in [-0.39, 0.29) is 11.2 Å². The summed E-state index contributed by atoms with van der Waals surface area (Å²) >= 11 is 5.91. The van der Waals surface area contributed by atoms with Gasteiger partial charge in [-0.25, -0.2) is 0 Å².